The standard InChI is InChI=1S/C30H34N4/c1-2-3-4-5-6-7-8-9-10-22-17-29-20-27-14-13-25(32-27)18-23-11-12-24(31-23)19-26-15-16-28(33-26)21-30(22)34-29/h11-21,31,34H,2-10H2,1H3. The molecule has 5 rings (SSSR count). The molecule has 0 aromatic carbocycles. The second-order valence-electron chi connectivity index (χ2n) is 9.42. The van der Waals surface area contributed by atoms with Crippen LogP contribution in [0.5, 0.6) is 0 Å². The fourth-order valence-corrected chi connectivity index (χ4v) is 4.73. The molecule has 0 spiro atoms. The van der Waals surface area contributed by atoms with E-state index >= 15 is 0 Å². The largest absolute Gasteiger partial charge is 0.355 e. The van der Waals surface area contributed by atoms with Crippen molar-refractivity contribution in [1.29, 1.82) is 0 Å². The summed E-state index contributed by atoms with van der Waals surface area (Å²) in [5.41, 5.74) is 9.57. The molecule has 2 aliphatic heterocycles. The van der Waals surface area contributed by atoms with Gasteiger partial charge in [0, 0.05) is 22.1 Å². The summed E-state index contributed by atoms with van der Waals surface area (Å²) in [5.74, 6) is 0. The summed E-state index contributed by atoms with van der Waals surface area (Å²) in [5, 5.41) is 0. The summed E-state index contributed by atoms with van der Waals surface area (Å²) in [6.45, 7) is 2.28. The van der Waals surface area contributed by atoms with Crippen LogP contribution in [0.1, 0.15) is 86.6 Å². The normalized spacial score (nSPS) is 12.5. The van der Waals surface area contributed by atoms with Crippen LogP contribution in [0.3, 0.4) is 0 Å². The molecule has 0 saturated heterocycles. The number of unbranched alkanes of at least 4 members (excludes halogenated alkanes) is 7. The van der Waals surface area contributed by atoms with E-state index in [2.05, 4.69) is 83.7 Å². The van der Waals surface area contributed by atoms with E-state index in [1.54, 1.807) is 0 Å². The highest BCUT2D eigenvalue weighted by atomic mass is 14.8. The van der Waals surface area contributed by atoms with Crippen LogP contribution < -0.4 is 0 Å². The monoisotopic (exact) mass is 450 g/mol. The SMILES string of the molecule is CCCCCCCCCCc1cc2cc3nc(cc4ccc(cc5nc(cc1[nH]2)C=C5)[nH]4)C=C3. The Hall–Kier alpha value is -3.40. The van der Waals surface area contributed by atoms with Gasteiger partial charge in [-0.15, -0.1) is 0 Å². The van der Waals surface area contributed by atoms with E-state index in [1.807, 2.05) is 0 Å². The highest BCUT2D eigenvalue weighted by molar-refractivity contribution is 5.78. The van der Waals surface area contributed by atoms with E-state index in [0.29, 0.717) is 0 Å². The van der Waals surface area contributed by atoms with Gasteiger partial charge in [0.25, 0.3) is 0 Å². The number of aromatic amines is 2. The fraction of sp³-hybridized carbons (Fsp3) is 0.333. The highest BCUT2D eigenvalue weighted by Crippen LogP contribution is 2.21. The molecule has 0 unspecified atom stereocenters. The van der Waals surface area contributed by atoms with Gasteiger partial charge in [-0.3, -0.25) is 0 Å². The van der Waals surface area contributed by atoms with Gasteiger partial charge in [-0.25, -0.2) is 9.97 Å². The van der Waals surface area contributed by atoms with Gasteiger partial charge in [-0.05, 0) is 85.2 Å². The average molecular weight is 451 g/mol. The zero-order chi connectivity index (χ0) is 23.2. The minimum absolute atomic E-state index is 0.956. The highest BCUT2D eigenvalue weighted by Gasteiger charge is 2.05. The number of fused-ring (bicyclic) bond motifs is 8. The molecule has 4 heteroatoms. The fourth-order valence-electron chi connectivity index (χ4n) is 4.73. The lowest BCUT2D eigenvalue weighted by Gasteiger charge is -2.01. The Labute approximate surface area is 201 Å². The predicted molar refractivity (Wildman–Crippen MR) is 145 cm³/mol. The number of hydrogen-bond acceptors (Lipinski definition) is 2. The van der Waals surface area contributed by atoms with Crippen LogP contribution in [0.25, 0.3) is 46.4 Å². The first-order chi connectivity index (χ1) is 16.7. The number of rotatable bonds is 9. The van der Waals surface area contributed by atoms with Crippen LogP contribution in [0.15, 0.2) is 42.5 Å². The van der Waals surface area contributed by atoms with Crippen molar-refractivity contribution in [2.45, 2.75) is 64.7 Å². The molecule has 3 aromatic rings. The molecule has 3 aromatic heterocycles. The van der Waals surface area contributed by atoms with E-state index in [0.717, 1.165) is 51.3 Å². The van der Waals surface area contributed by atoms with Crippen LogP contribution in [-0.2, 0) is 6.42 Å². The van der Waals surface area contributed by atoms with Gasteiger partial charge in [-0.1, -0.05) is 51.9 Å². The zero-order valence-electron chi connectivity index (χ0n) is 20.1. The third kappa shape index (κ3) is 5.74. The summed E-state index contributed by atoms with van der Waals surface area (Å²) in [4.78, 5) is 16.7. The Bertz CT molecular complexity index is 1350. The van der Waals surface area contributed by atoms with Gasteiger partial charge < -0.3 is 9.97 Å². The van der Waals surface area contributed by atoms with Crippen LogP contribution >= 0.6 is 0 Å². The van der Waals surface area contributed by atoms with Crippen molar-refractivity contribution in [2.75, 3.05) is 0 Å². The third-order valence-electron chi connectivity index (χ3n) is 6.55. The molecule has 0 amide bonds. The van der Waals surface area contributed by atoms with Crippen molar-refractivity contribution in [3.63, 3.8) is 0 Å². The summed E-state index contributed by atoms with van der Waals surface area (Å²) in [6, 6.07) is 14.9. The Balaban J connectivity index is 1.45. The van der Waals surface area contributed by atoms with E-state index in [1.165, 1.54) is 56.9 Å². The number of aromatic nitrogens is 4. The first-order valence-electron chi connectivity index (χ1n) is 12.8. The molecule has 174 valence electrons. The number of aryl methyl sites for hydroxylation is 1. The van der Waals surface area contributed by atoms with E-state index in [4.69, 9.17) is 9.97 Å². The third-order valence-corrected chi connectivity index (χ3v) is 6.55. The topological polar surface area (TPSA) is 57.4 Å². The molecule has 0 saturated carbocycles. The lowest BCUT2D eigenvalue weighted by molar-refractivity contribution is 0.576. The molecule has 0 atom stereocenters. The molecule has 8 bridgehead atoms. The Morgan fingerprint density at radius 1 is 0.559 bits per heavy atom. The van der Waals surface area contributed by atoms with Gasteiger partial charge in [0.1, 0.15) is 0 Å². The van der Waals surface area contributed by atoms with Gasteiger partial charge in [0.05, 0.1) is 22.8 Å². The molecule has 2 N–H and O–H groups in total. The van der Waals surface area contributed by atoms with E-state index in [-0.39, 0.29) is 0 Å². The molecular weight excluding hydrogens is 416 g/mol. The van der Waals surface area contributed by atoms with E-state index < -0.39 is 0 Å². The lowest BCUT2D eigenvalue weighted by Crippen LogP contribution is -1.86. The molecule has 5 heterocycles. The summed E-state index contributed by atoms with van der Waals surface area (Å²) < 4.78 is 0. The molecule has 0 aliphatic carbocycles. The second kappa shape index (κ2) is 10.7. The number of nitrogens with zero attached hydrogens (tertiary/aromatic N) is 2. The Morgan fingerprint density at radius 3 is 1.71 bits per heavy atom. The summed E-state index contributed by atoms with van der Waals surface area (Å²) in [7, 11) is 0. The lowest BCUT2D eigenvalue weighted by atomic mass is 10.0. The van der Waals surface area contributed by atoms with Crippen LogP contribution in [0, 0.1) is 0 Å². The van der Waals surface area contributed by atoms with E-state index in [9.17, 15) is 0 Å². The average Bonchev–Trinajstić information content (AvgIpc) is 3.61. The molecular formula is C30H34N4. The minimum Gasteiger partial charge on any atom is -0.355 e. The first-order valence-corrected chi connectivity index (χ1v) is 12.8. The second-order valence-corrected chi connectivity index (χ2v) is 9.42. The summed E-state index contributed by atoms with van der Waals surface area (Å²) >= 11 is 0. The smallest absolute Gasteiger partial charge is 0.0658 e. The van der Waals surface area contributed by atoms with Crippen molar-refractivity contribution in [1.82, 2.24) is 19.9 Å². The maximum atomic E-state index is 4.82. The van der Waals surface area contributed by atoms with Gasteiger partial charge in [-0.2, -0.15) is 0 Å². The van der Waals surface area contributed by atoms with Crippen LogP contribution in [-0.4, -0.2) is 19.9 Å². The number of hydrogen-bond donors (Lipinski definition) is 2. The molecule has 4 nitrogen and oxygen atoms in total. The number of nitrogens with one attached hydrogen (secondary N) is 2. The maximum absolute atomic E-state index is 4.82. The van der Waals surface area contributed by atoms with Gasteiger partial charge in [0.15, 0.2) is 0 Å². The minimum atomic E-state index is 0.956. The zero-order valence-corrected chi connectivity index (χ0v) is 20.1. The maximum Gasteiger partial charge on any atom is 0.0658 e. The van der Waals surface area contributed by atoms with Gasteiger partial charge in [0.2, 0.25) is 0 Å². The van der Waals surface area contributed by atoms with Crippen molar-refractivity contribution in [3.05, 3.63) is 70.8 Å². The predicted octanol–water partition coefficient (Wildman–Crippen LogP) is 8.34. The van der Waals surface area contributed by atoms with Crippen molar-refractivity contribution >= 4 is 46.4 Å². The Morgan fingerprint density at radius 2 is 1.09 bits per heavy atom. The molecule has 2 aliphatic rings. The quantitative estimate of drug-likeness (QED) is 0.222. The summed E-state index contributed by atoms with van der Waals surface area (Å²) in [6.07, 6.45) is 20.1. The van der Waals surface area contributed by atoms with Gasteiger partial charge >= 0.3 is 0 Å². The molecule has 34 heavy (non-hydrogen) atoms. The van der Waals surface area contributed by atoms with Crippen LogP contribution in [0.4, 0.5) is 0 Å². The Kier molecular flexibility index (Phi) is 7.04. The van der Waals surface area contributed by atoms with Crippen molar-refractivity contribution in [2.24, 2.45) is 0 Å². The molecule has 0 fully saturated rings. The first kappa shape index (κ1) is 22.4. The molecule has 0 radical (unpaired) electrons. The van der Waals surface area contributed by atoms with Crippen LogP contribution in [0.2, 0.25) is 0 Å². The number of H-pyrrole nitrogens is 2. The van der Waals surface area contributed by atoms with Crippen molar-refractivity contribution in [3.8, 4) is 0 Å². The van der Waals surface area contributed by atoms with Crippen molar-refractivity contribution < 1.29 is 0 Å².